The second-order valence-electron chi connectivity index (χ2n) is 9.12. The Morgan fingerprint density at radius 3 is 2.78 bits per heavy atom. The molecule has 0 aromatic heterocycles. The minimum absolute atomic E-state index is 0.0109. The van der Waals surface area contributed by atoms with Crippen LogP contribution in [0.2, 0.25) is 0 Å². The molecule has 3 saturated heterocycles. The van der Waals surface area contributed by atoms with Crippen LogP contribution in [0, 0.1) is 5.92 Å². The van der Waals surface area contributed by atoms with Crippen LogP contribution in [0.25, 0.3) is 0 Å². The predicted molar refractivity (Wildman–Crippen MR) is 108 cm³/mol. The summed E-state index contributed by atoms with van der Waals surface area (Å²) in [6, 6.07) is 1.34. The smallest absolute Gasteiger partial charge is 0.239 e. The van der Waals surface area contributed by atoms with Gasteiger partial charge in [0.05, 0.1) is 12.1 Å². The summed E-state index contributed by atoms with van der Waals surface area (Å²) in [5, 5.41) is 21.1. The molecule has 2 aliphatic carbocycles. The van der Waals surface area contributed by atoms with Crippen molar-refractivity contribution in [1.29, 1.82) is 0 Å². The van der Waals surface area contributed by atoms with Gasteiger partial charge in [0.25, 0.3) is 0 Å². The number of carbonyl (C=O) groups excluding carboxylic acids is 1. The topological polar surface area (TPSA) is 76.6 Å². The molecule has 0 radical (unpaired) electrons. The molecule has 27 heavy (non-hydrogen) atoms. The molecule has 0 aromatic carbocycles. The first-order valence-corrected chi connectivity index (χ1v) is 12.0. The van der Waals surface area contributed by atoms with E-state index in [9.17, 15) is 9.90 Å². The van der Waals surface area contributed by atoms with E-state index in [4.69, 9.17) is 11.6 Å². The number of aliphatic hydroxyl groups is 1. The molecule has 7 unspecified atom stereocenters. The number of amides is 1. The predicted octanol–water partition coefficient (Wildman–Crippen LogP) is 0.827. The zero-order valence-electron chi connectivity index (χ0n) is 15.6. The molecular weight excluding hydrogens is 384 g/mol. The van der Waals surface area contributed by atoms with Crippen LogP contribution in [-0.2, 0) is 4.79 Å². The van der Waals surface area contributed by atoms with Crippen LogP contribution < -0.4 is 16.0 Å². The minimum atomic E-state index is -0.124. The van der Waals surface area contributed by atoms with E-state index in [0.717, 1.165) is 58.0 Å². The van der Waals surface area contributed by atoms with Gasteiger partial charge < -0.3 is 15.3 Å². The van der Waals surface area contributed by atoms with Gasteiger partial charge in [0.15, 0.2) is 0 Å². The lowest BCUT2D eigenvalue weighted by atomic mass is 9.84. The highest BCUT2D eigenvalue weighted by Crippen LogP contribution is 2.37. The SMILES string of the molecule is O=C(C1CC2CCC(Cl)CC2N1)N1CCC2NC(NC3CC(O)C3)SC2C1. The van der Waals surface area contributed by atoms with Gasteiger partial charge in [-0.1, -0.05) is 0 Å². The monoisotopic (exact) mass is 414 g/mol. The lowest BCUT2D eigenvalue weighted by Crippen LogP contribution is -2.55. The van der Waals surface area contributed by atoms with Gasteiger partial charge in [0.2, 0.25) is 5.91 Å². The van der Waals surface area contributed by atoms with Crippen molar-refractivity contribution in [2.75, 3.05) is 13.1 Å². The molecule has 4 N–H and O–H groups in total. The molecule has 1 amide bonds. The van der Waals surface area contributed by atoms with Crippen molar-refractivity contribution in [3.8, 4) is 0 Å². The van der Waals surface area contributed by atoms with E-state index in [1.165, 1.54) is 0 Å². The summed E-state index contributed by atoms with van der Waals surface area (Å²) in [6.07, 6.45) is 6.85. The number of nitrogens with one attached hydrogen (secondary N) is 3. The van der Waals surface area contributed by atoms with Gasteiger partial charge in [0, 0.05) is 41.8 Å². The number of hydrogen-bond donors (Lipinski definition) is 4. The number of thioether (sulfide) groups is 1. The Hall–Kier alpha value is -0.0500. The van der Waals surface area contributed by atoms with Crippen LogP contribution in [-0.4, -0.2) is 75.4 Å². The minimum Gasteiger partial charge on any atom is -0.393 e. The molecule has 6 nitrogen and oxygen atoms in total. The molecule has 0 spiro atoms. The first-order chi connectivity index (χ1) is 13.0. The lowest BCUT2D eigenvalue weighted by Gasteiger charge is -2.35. The number of carbonyl (C=O) groups is 1. The van der Waals surface area contributed by atoms with Crippen molar-refractivity contribution in [2.24, 2.45) is 5.92 Å². The Morgan fingerprint density at radius 1 is 1.11 bits per heavy atom. The van der Waals surface area contributed by atoms with E-state index in [1.54, 1.807) is 0 Å². The van der Waals surface area contributed by atoms with Crippen molar-refractivity contribution in [1.82, 2.24) is 20.9 Å². The molecule has 3 aliphatic heterocycles. The van der Waals surface area contributed by atoms with Crippen molar-refractivity contribution in [2.45, 2.75) is 91.3 Å². The van der Waals surface area contributed by atoms with Crippen molar-refractivity contribution >= 4 is 29.3 Å². The number of likely N-dealkylation sites (tertiary alicyclic amines) is 1. The Labute approximate surface area is 170 Å². The summed E-state index contributed by atoms with van der Waals surface area (Å²) in [7, 11) is 0. The molecule has 2 saturated carbocycles. The highest BCUT2D eigenvalue weighted by Gasteiger charge is 2.45. The quantitative estimate of drug-likeness (QED) is 0.512. The van der Waals surface area contributed by atoms with E-state index < -0.39 is 0 Å². The zero-order chi connectivity index (χ0) is 18.5. The number of aliphatic hydroxyl groups excluding tert-OH is 1. The van der Waals surface area contributed by atoms with E-state index >= 15 is 0 Å². The third kappa shape index (κ3) is 3.88. The number of alkyl halides is 1. The fourth-order valence-electron chi connectivity index (χ4n) is 5.57. The van der Waals surface area contributed by atoms with E-state index in [-0.39, 0.29) is 23.0 Å². The van der Waals surface area contributed by atoms with Gasteiger partial charge in [-0.25, -0.2) is 0 Å². The van der Waals surface area contributed by atoms with Crippen LogP contribution >= 0.6 is 23.4 Å². The molecule has 5 fully saturated rings. The van der Waals surface area contributed by atoms with E-state index in [2.05, 4.69) is 20.9 Å². The van der Waals surface area contributed by atoms with Crippen molar-refractivity contribution in [3.63, 3.8) is 0 Å². The Morgan fingerprint density at radius 2 is 1.96 bits per heavy atom. The van der Waals surface area contributed by atoms with Crippen LogP contribution in [0.15, 0.2) is 0 Å². The van der Waals surface area contributed by atoms with Gasteiger partial charge in [0.1, 0.15) is 5.50 Å². The number of rotatable bonds is 3. The van der Waals surface area contributed by atoms with Gasteiger partial charge in [-0.2, -0.15) is 0 Å². The van der Waals surface area contributed by atoms with Crippen LogP contribution in [0.3, 0.4) is 0 Å². The number of halogens is 1. The summed E-state index contributed by atoms with van der Waals surface area (Å²) in [5.74, 6) is 0.925. The van der Waals surface area contributed by atoms with Gasteiger partial charge in [-0.15, -0.1) is 23.4 Å². The van der Waals surface area contributed by atoms with Crippen LogP contribution in [0.1, 0.15) is 44.9 Å². The van der Waals surface area contributed by atoms with E-state index in [0.29, 0.717) is 35.2 Å². The number of fused-ring (bicyclic) bond motifs is 2. The number of piperidine rings is 1. The van der Waals surface area contributed by atoms with E-state index in [1.807, 2.05) is 11.8 Å². The van der Waals surface area contributed by atoms with Gasteiger partial charge in [-0.3, -0.25) is 15.4 Å². The third-order valence-corrected chi connectivity index (χ3v) is 9.00. The standard InChI is InChI=1S/C19H31ClN4O2S/c20-11-2-1-10-5-16(22-15(10)6-11)18(26)24-4-3-14-17(9-24)27-19(23-14)21-12-7-13(25)8-12/h10-17,19,21-23,25H,1-9H2. The molecule has 7 atom stereocenters. The molecule has 0 aromatic rings. The molecule has 5 aliphatic rings. The molecule has 5 rings (SSSR count). The first-order valence-electron chi connectivity index (χ1n) is 10.6. The fourth-order valence-corrected chi connectivity index (χ4v) is 7.43. The summed E-state index contributed by atoms with van der Waals surface area (Å²) < 4.78 is 0. The molecule has 8 heteroatoms. The second-order valence-corrected chi connectivity index (χ2v) is 11.1. The third-order valence-electron chi connectivity index (χ3n) is 7.23. The first kappa shape index (κ1) is 18.9. The van der Waals surface area contributed by atoms with Crippen molar-refractivity contribution in [3.05, 3.63) is 0 Å². The molecule has 152 valence electrons. The average Bonchev–Trinajstić information content (AvgIpc) is 3.21. The summed E-state index contributed by atoms with van der Waals surface area (Å²) in [6.45, 7) is 1.70. The summed E-state index contributed by atoms with van der Waals surface area (Å²) in [5.41, 5.74) is 0.251. The molecule has 0 bridgehead atoms. The van der Waals surface area contributed by atoms with Crippen LogP contribution in [0.4, 0.5) is 0 Å². The second kappa shape index (κ2) is 7.65. The zero-order valence-corrected chi connectivity index (χ0v) is 17.2. The molecular formula is C19H31ClN4O2S. The highest BCUT2D eigenvalue weighted by atomic mass is 35.5. The largest absolute Gasteiger partial charge is 0.393 e. The van der Waals surface area contributed by atoms with Crippen LogP contribution in [0.5, 0.6) is 0 Å². The van der Waals surface area contributed by atoms with Crippen molar-refractivity contribution < 1.29 is 9.90 Å². The highest BCUT2D eigenvalue weighted by molar-refractivity contribution is 8.00. The maximum absolute atomic E-state index is 13.1. The average molecular weight is 415 g/mol. The maximum atomic E-state index is 13.1. The van der Waals surface area contributed by atoms with Gasteiger partial charge >= 0.3 is 0 Å². The lowest BCUT2D eigenvalue weighted by molar-refractivity contribution is -0.134. The molecule has 3 heterocycles. The number of nitrogens with zero attached hydrogens (tertiary/aromatic N) is 1. The summed E-state index contributed by atoms with van der Waals surface area (Å²) >= 11 is 8.25. The fraction of sp³-hybridized carbons (Fsp3) is 0.947. The van der Waals surface area contributed by atoms with Gasteiger partial charge in [-0.05, 0) is 50.9 Å². The Bertz CT molecular complexity index is 578. The Balaban J connectivity index is 1.13. The Kier molecular flexibility index (Phi) is 5.37. The normalized spacial score (nSPS) is 49.4. The maximum Gasteiger partial charge on any atom is 0.239 e. The summed E-state index contributed by atoms with van der Waals surface area (Å²) in [4.78, 5) is 15.2. The number of hydrogen-bond acceptors (Lipinski definition) is 6.